The Kier molecular flexibility index (Phi) is 3.55. The molecule has 1 atom stereocenters. The Labute approximate surface area is 135 Å². The van der Waals surface area contributed by atoms with Gasteiger partial charge >= 0.3 is 0 Å². The van der Waals surface area contributed by atoms with Crippen LogP contribution in [0.4, 0.5) is 5.69 Å². The van der Waals surface area contributed by atoms with Gasteiger partial charge in [-0.05, 0) is 49.0 Å². The first-order valence-electron chi connectivity index (χ1n) is 6.47. The number of halogens is 2. The van der Waals surface area contributed by atoms with Gasteiger partial charge in [0, 0.05) is 11.3 Å². The predicted molar refractivity (Wildman–Crippen MR) is 86.2 cm³/mol. The number of anilines is 1. The smallest absolute Gasteiger partial charge is 0.246 e. The third-order valence-corrected chi connectivity index (χ3v) is 5.12. The van der Waals surface area contributed by atoms with E-state index >= 15 is 0 Å². The molecule has 2 N–H and O–H groups in total. The fourth-order valence-corrected chi connectivity index (χ4v) is 3.08. The van der Waals surface area contributed by atoms with Crippen molar-refractivity contribution in [1.29, 1.82) is 0 Å². The van der Waals surface area contributed by atoms with Crippen LogP contribution in [0.25, 0.3) is 5.69 Å². The first-order valence-corrected chi connectivity index (χ1v) is 7.64. The first kappa shape index (κ1) is 14.6. The molecule has 1 aromatic heterocycles. The molecule has 1 amide bonds. The monoisotopic (exact) mass is 368 g/mol. The lowest BCUT2D eigenvalue weighted by molar-refractivity contribution is -0.117. The number of likely N-dealkylation sites (N-methyl/N-ethyl adjacent to an activating group) is 1. The van der Waals surface area contributed by atoms with E-state index in [0.29, 0.717) is 5.02 Å². The summed E-state index contributed by atoms with van der Waals surface area (Å²) in [4.78, 5) is 11.9. The average Bonchev–Trinajstić information content (AvgIpc) is 2.88. The van der Waals surface area contributed by atoms with Crippen molar-refractivity contribution < 1.29 is 4.79 Å². The molecule has 0 saturated heterocycles. The van der Waals surface area contributed by atoms with Crippen LogP contribution in [0.1, 0.15) is 23.0 Å². The first-order chi connectivity index (χ1) is 9.93. The van der Waals surface area contributed by atoms with E-state index in [-0.39, 0.29) is 11.9 Å². The third kappa shape index (κ3) is 2.18. The van der Waals surface area contributed by atoms with Crippen LogP contribution in [0.3, 0.4) is 0 Å². The van der Waals surface area contributed by atoms with Gasteiger partial charge in [0.1, 0.15) is 6.04 Å². The molecule has 2 heterocycles. The number of aryl methyl sites for hydroxylation is 1. The van der Waals surface area contributed by atoms with E-state index in [1.807, 2.05) is 26.0 Å². The number of rotatable bonds is 2. The summed E-state index contributed by atoms with van der Waals surface area (Å²) in [5.41, 5.74) is 4.23. The van der Waals surface area contributed by atoms with Gasteiger partial charge in [-0.25, -0.2) is 4.68 Å². The van der Waals surface area contributed by atoms with Gasteiger partial charge in [-0.3, -0.25) is 4.79 Å². The standard InChI is InChI=1S/C14H14BrClN4O/c1-6-12(15)7(2)20(19-6)11-5-10-8(4-9(11)16)13(17-3)14(21)18-10/h4-5,13,17H,1-3H3,(H,18,21). The van der Waals surface area contributed by atoms with Gasteiger partial charge in [0.2, 0.25) is 5.91 Å². The molecule has 3 rings (SSSR count). The van der Waals surface area contributed by atoms with Gasteiger partial charge in [-0.1, -0.05) is 11.6 Å². The maximum atomic E-state index is 11.9. The highest BCUT2D eigenvalue weighted by atomic mass is 79.9. The molecular formula is C14H14BrClN4O. The molecule has 1 aliphatic heterocycles. The SMILES string of the molecule is CNC1C(=O)Nc2cc(-n3nc(C)c(Br)c3C)c(Cl)cc21. The van der Waals surface area contributed by atoms with Crippen molar-refractivity contribution in [1.82, 2.24) is 15.1 Å². The van der Waals surface area contributed by atoms with Crippen LogP contribution >= 0.6 is 27.5 Å². The molecule has 21 heavy (non-hydrogen) atoms. The number of amides is 1. The van der Waals surface area contributed by atoms with Crippen molar-refractivity contribution in [3.8, 4) is 5.69 Å². The van der Waals surface area contributed by atoms with Crippen molar-refractivity contribution in [3.05, 3.63) is 38.6 Å². The number of hydrogen-bond acceptors (Lipinski definition) is 3. The highest BCUT2D eigenvalue weighted by molar-refractivity contribution is 9.10. The molecule has 0 bridgehead atoms. The van der Waals surface area contributed by atoms with Gasteiger partial charge in [0.25, 0.3) is 0 Å². The highest BCUT2D eigenvalue weighted by Gasteiger charge is 2.30. The van der Waals surface area contributed by atoms with Crippen molar-refractivity contribution >= 4 is 39.1 Å². The summed E-state index contributed by atoms with van der Waals surface area (Å²) >= 11 is 9.91. The number of carbonyl (C=O) groups excluding carboxylic acids is 1. The second kappa shape index (κ2) is 5.12. The Morgan fingerprint density at radius 3 is 2.71 bits per heavy atom. The quantitative estimate of drug-likeness (QED) is 0.855. The summed E-state index contributed by atoms with van der Waals surface area (Å²) in [6.45, 7) is 3.89. The third-order valence-electron chi connectivity index (χ3n) is 3.67. The number of fused-ring (bicyclic) bond motifs is 1. The topological polar surface area (TPSA) is 59.0 Å². The van der Waals surface area contributed by atoms with E-state index in [9.17, 15) is 4.79 Å². The molecular weight excluding hydrogens is 356 g/mol. The number of benzene rings is 1. The van der Waals surface area contributed by atoms with Gasteiger partial charge in [0.05, 0.1) is 26.6 Å². The molecule has 2 aromatic rings. The summed E-state index contributed by atoms with van der Waals surface area (Å²) in [5, 5.41) is 10.9. The zero-order valence-electron chi connectivity index (χ0n) is 11.8. The maximum absolute atomic E-state index is 11.9. The summed E-state index contributed by atoms with van der Waals surface area (Å²) in [5.74, 6) is -0.0738. The molecule has 7 heteroatoms. The summed E-state index contributed by atoms with van der Waals surface area (Å²) in [6.07, 6.45) is 0. The van der Waals surface area contributed by atoms with E-state index < -0.39 is 0 Å². The number of nitrogens with zero attached hydrogens (tertiary/aromatic N) is 2. The second-order valence-corrected chi connectivity index (χ2v) is 6.20. The molecule has 1 aliphatic rings. The zero-order valence-corrected chi connectivity index (χ0v) is 14.1. The van der Waals surface area contributed by atoms with Crippen molar-refractivity contribution in [3.63, 3.8) is 0 Å². The van der Waals surface area contributed by atoms with E-state index in [1.54, 1.807) is 11.7 Å². The predicted octanol–water partition coefficient (Wildman–Crippen LogP) is 3.12. The Morgan fingerprint density at radius 2 is 2.14 bits per heavy atom. The summed E-state index contributed by atoms with van der Waals surface area (Å²) in [7, 11) is 1.75. The molecule has 5 nitrogen and oxygen atoms in total. The van der Waals surface area contributed by atoms with Gasteiger partial charge in [0.15, 0.2) is 0 Å². The number of carbonyl (C=O) groups is 1. The Balaban J connectivity index is 2.17. The molecule has 0 saturated carbocycles. The fraction of sp³-hybridized carbons (Fsp3) is 0.286. The molecule has 0 spiro atoms. The average molecular weight is 370 g/mol. The van der Waals surface area contributed by atoms with Crippen molar-refractivity contribution in [2.24, 2.45) is 0 Å². The minimum absolute atomic E-state index is 0.0738. The summed E-state index contributed by atoms with van der Waals surface area (Å²) in [6, 6.07) is 3.31. The van der Waals surface area contributed by atoms with Crippen LogP contribution < -0.4 is 10.6 Å². The number of aromatic nitrogens is 2. The Morgan fingerprint density at radius 1 is 1.43 bits per heavy atom. The normalized spacial score (nSPS) is 17.0. The lowest BCUT2D eigenvalue weighted by atomic mass is 10.1. The minimum atomic E-state index is -0.362. The Bertz CT molecular complexity index is 756. The van der Waals surface area contributed by atoms with E-state index in [1.165, 1.54) is 0 Å². The molecule has 0 radical (unpaired) electrons. The lowest BCUT2D eigenvalue weighted by Crippen LogP contribution is -2.23. The van der Waals surface area contributed by atoms with Crippen LogP contribution in [0.5, 0.6) is 0 Å². The maximum Gasteiger partial charge on any atom is 0.246 e. The molecule has 0 aliphatic carbocycles. The largest absolute Gasteiger partial charge is 0.324 e. The van der Waals surface area contributed by atoms with Crippen molar-refractivity contribution in [2.75, 3.05) is 12.4 Å². The van der Waals surface area contributed by atoms with Crippen molar-refractivity contribution in [2.45, 2.75) is 19.9 Å². The van der Waals surface area contributed by atoms with E-state index in [4.69, 9.17) is 11.6 Å². The second-order valence-electron chi connectivity index (χ2n) is 5.00. The van der Waals surface area contributed by atoms with Crippen LogP contribution in [0.15, 0.2) is 16.6 Å². The van der Waals surface area contributed by atoms with Crippen LogP contribution in [0, 0.1) is 13.8 Å². The summed E-state index contributed by atoms with van der Waals surface area (Å²) < 4.78 is 2.73. The van der Waals surface area contributed by atoms with E-state index in [0.717, 1.165) is 32.8 Å². The van der Waals surface area contributed by atoms with Gasteiger partial charge in [-0.15, -0.1) is 0 Å². The van der Waals surface area contributed by atoms with Crippen LogP contribution in [-0.2, 0) is 4.79 Å². The number of hydrogen-bond donors (Lipinski definition) is 2. The molecule has 110 valence electrons. The van der Waals surface area contributed by atoms with Gasteiger partial charge in [-0.2, -0.15) is 5.10 Å². The van der Waals surface area contributed by atoms with Gasteiger partial charge < -0.3 is 10.6 Å². The fourth-order valence-electron chi connectivity index (χ4n) is 2.58. The molecule has 1 aromatic carbocycles. The van der Waals surface area contributed by atoms with E-state index in [2.05, 4.69) is 31.7 Å². The van der Waals surface area contributed by atoms with Crippen LogP contribution in [0.2, 0.25) is 5.02 Å². The Hall–Kier alpha value is -1.37. The number of nitrogens with one attached hydrogen (secondary N) is 2. The molecule has 1 unspecified atom stereocenters. The zero-order chi connectivity index (χ0) is 15.3. The lowest BCUT2D eigenvalue weighted by Gasteiger charge is -2.11. The highest BCUT2D eigenvalue weighted by Crippen LogP contribution is 2.37. The van der Waals surface area contributed by atoms with Crippen LogP contribution in [-0.4, -0.2) is 22.7 Å². The minimum Gasteiger partial charge on any atom is -0.324 e. The molecule has 0 fully saturated rings.